The summed E-state index contributed by atoms with van der Waals surface area (Å²) < 4.78 is 6.43. The molecule has 0 aliphatic rings. The number of azo groups is 1. The van der Waals surface area contributed by atoms with Crippen molar-refractivity contribution in [3.8, 4) is 5.75 Å². The highest BCUT2D eigenvalue weighted by molar-refractivity contribution is 5.74. The predicted octanol–water partition coefficient (Wildman–Crippen LogP) is 3.48. The molecule has 2 aromatic heterocycles. The van der Waals surface area contributed by atoms with Crippen LogP contribution in [0, 0.1) is 6.92 Å². The molecule has 0 amide bonds. The molecule has 7 heteroatoms. The maximum Gasteiger partial charge on any atom is 0.311 e. The fourth-order valence-electron chi connectivity index (χ4n) is 2.28. The molecule has 1 N–H and O–H groups in total. The number of esters is 1. The van der Waals surface area contributed by atoms with Crippen LogP contribution in [-0.2, 0) is 16.0 Å². The van der Waals surface area contributed by atoms with Crippen LogP contribution in [0.4, 0.5) is 11.5 Å². The summed E-state index contributed by atoms with van der Waals surface area (Å²) in [6.45, 7) is 1.90. The Balaban J connectivity index is 2.06. The molecule has 122 valence electrons. The SMILES string of the molecule is COC(=O)Cc1nc2ccccn2c1N=Nc1cc(C)ccc1O. The third-order valence-corrected chi connectivity index (χ3v) is 3.50. The number of phenolic OH excluding ortho intramolecular Hbond substituents is 1. The Morgan fingerprint density at radius 2 is 2.12 bits per heavy atom. The number of benzene rings is 1. The number of fused-ring (bicyclic) bond motifs is 1. The third-order valence-electron chi connectivity index (χ3n) is 3.50. The van der Waals surface area contributed by atoms with Crippen LogP contribution in [0.3, 0.4) is 0 Å². The lowest BCUT2D eigenvalue weighted by molar-refractivity contribution is -0.139. The minimum Gasteiger partial charge on any atom is -0.506 e. The van der Waals surface area contributed by atoms with Crippen molar-refractivity contribution in [2.24, 2.45) is 10.2 Å². The Morgan fingerprint density at radius 3 is 2.92 bits per heavy atom. The number of pyridine rings is 1. The Morgan fingerprint density at radius 1 is 1.29 bits per heavy atom. The molecular formula is C17H16N4O3. The molecule has 0 saturated heterocycles. The van der Waals surface area contributed by atoms with Crippen LogP contribution >= 0.6 is 0 Å². The first-order chi connectivity index (χ1) is 11.6. The molecule has 0 spiro atoms. The molecule has 3 aromatic rings. The van der Waals surface area contributed by atoms with Crippen molar-refractivity contribution in [3.63, 3.8) is 0 Å². The number of rotatable bonds is 4. The summed E-state index contributed by atoms with van der Waals surface area (Å²) in [5, 5.41) is 18.2. The lowest BCUT2D eigenvalue weighted by atomic mass is 10.2. The lowest BCUT2D eigenvalue weighted by Crippen LogP contribution is -2.04. The molecule has 0 aliphatic carbocycles. The molecule has 0 unspecified atom stereocenters. The van der Waals surface area contributed by atoms with Gasteiger partial charge in [0.15, 0.2) is 5.82 Å². The van der Waals surface area contributed by atoms with Crippen LogP contribution < -0.4 is 0 Å². The number of hydrogen-bond donors (Lipinski definition) is 1. The molecule has 0 bridgehead atoms. The molecule has 7 nitrogen and oxygen atoms in total. The first-order valence-corrected chi connectivity index (χ1v) is 7.32. The van der Waals surface area contributed by atoms with Crippen molar-refractivity contribution in [2.45, 2.75) is 13.3 Å². The number of hydrogen-bond acceptors (Lipinski definition) is 6. The molecule has 0 radical (unpaired) electrons. The Labute approximate surface area is 138 Å². The topological polar surface area (TPSA) is 88.5 Å². The summed E-state index contributed by atoms with van der Waals surface area (Å²) in [6, 6.07) is 10.6. The monoisotopic (exact) mass is 324 g/mol. The van der Waals surface area contributed by atoms with Gasteiger partial charge in [0.25, 0.3) is 0 Å². The zero-order valence-corrected chi connectivity index (χ0v) is 13.3. The molecule has 24 heavy (non-hydrogen) atoms. The van der Waals surface area contributed by atoms with Crippen LogP contribution in [0.15, 0.2) is 52.8 Å². The average molecular weight is 324 g/mol. The van der Waals surface area contributed by atoms with E-state index in [0.717, 1.165) is 5.56 Å². The van der Waals surface area contributed by atoms with E-state index in [0.29, 0.717) is 22.8 Å². The zero-order chi connectivity index (χ0) is 17.1. The van der Waals surface area contributed by atoms with Crippen molar-refractivity contribution in [1.29, 1.82) is 0 Å². The highest BCUT2D eigenvalue weighted by Crippen LogP contribution is 2.30. The van der Waals surface area contributed by atoms with Crippen molar-refractivity contribution in [3.05, 3.63) is 53.9 Å². The van der Waals surface area contributed by atoms with E-state index in [2.05, 4.69) is 15.2 Å². The van der Waals surface area contributed by atoms with Gasteiger partial charge in [0.1, 0.15) is 17.1 Å². The molecular weight excluding hydrogens is 308 g/mol. The first kappa shape index (κ1) is 15.7. The second-order valence-corrected chi connectivity index (χ2v) is 5.26. The van der Waals surface area contributed by atoms with Crippen LogP contribution in [0.25, 0.3) is 5.65 Å². The van der Waals surface area contributed by atoms with E-state index < -0.39 is 5.97 Å². The molecule has 0 atom stereocenters. The summed E-state index contributed by atoms with van der Waals surface area (Å²) in [6.07, 6.45) is 1.78. The van der Waals surface area contributed by atoms with E-state index in [-0.39, 0.29) is 12.2 Å². The van der Waals surface area contributed by atoms with E-state index in [9.17, 15) is 9.90 Å². The van der Waals surface area contributed by atoms with Crippen LogP contribution in [0.1, 0.15) is 11.3 Å². The number of nitrogens with zero attached hydrogens (tertiary/aromatic N) is 4. The Bertz CT molecular complexity index is 931. The van der Waals surface area contributed by atoms with E-state index in [1.54, 1.807) is 28.8 Å². The molecule has 3 rings (SSSR count). The first-order valence-electron chi connectivity index (χ1n) is 7.32. The van der Waals surface area contributed by atoms with E-state index in [1.807, 2.05) is 25.1 Å². The number of methoxy groups -OCH3 is 1. The van der Waals surface area contributed by atoms with Crippen molar-refractivity contribution < 1.29 is 14.6 Å². The van der Waals surface area contributed by atoms with Crippen LogP contribution in [0.2, 0.25) is 0 Å². The van der Waals surface area contributed by atoms with Gasteiger partial charge in [-0.25, -0.2) is 4.98 Å². The summed E-state index contributed by atoms with van der Waals surface area (Å²) in [7, 11) is 1.32. The summed E-state index contributed by atoms with van der Waals surface area (Å²) >= 11 is 0. The third kappa shape index (κ3) is 3.10. The van der Waals surface area contributed by atoms with Crippen molar-refractivity contribution >= 4 is 23.1 Å². The standard InChI is InChI=1S/C17H16N4O3/c1-11-6-7-14(22)12(9-11)19-20-17-13(10-16(23)24-2)18-15-5-3-4-8-21(15)17/h3-9,22H,10H2,1-2H3. The van der Waals surface area contributed by atoms with Crippen LogP contribution in [-0.4, -0.2) is 27.6 Å². The highest BCUT2D eigenvalue weighted by Gasteiger charge is 2.15. The van der Waals surface area contributed by atoms with Crippen LogP contribution in [0.5, 0.6) is 5.75 Å². The number of aromatic hydroxyl groups is 1. The van der Waals surface area contributed by atoms with E-state index in [4.69, 9.17) is 4.74 Å². The van der Waals surface area contributed by atoms with Gasteiger partial charge in [-0.05, 0) is 36.8 Å². The number of aromatic nitrogens is 2. The van der Waals surface area contributed by atoms with Crippen molar-refractivity contribution in [1.82, 2.24) is 9.38 Å². The van der Waals surface area contributed by atoms with E-state index in [1.165, 1.54) is 7.11 Å². The maximum absolute atomic E-state index is 11.6. The fraction of sp³-hybridized carbons (Fsp3) is 0.176. The van der Waals surface area contributed by atoms with Gasteiger partial charge in [-0.2, -0.15) is 0 Å². The largest absolute Gasteiger partial charge is 0.506 e. The normalized spacial score (nSPS) is 11.2. The van der Waals surface area contributed by atoms with Gasteiger partial charge in [-0.3, -0.25) is 9.20 Å². The number of phenols is 1. The average Bonchev–Trinajstić information content (AvgIpc) is 2.92. The van der Waals surface area contributed by atoms with Gasteiger partial charge < -0.3 is 9.84 Å². The number of aryl methyl sites for hydroxylation is 1. The van der Waals surface area contributed by atoms with Gasteiger partial charge in [0.2, 0.25) is 0 Å². The smallest absolute Gasteiger partial charge is 0.311 e. The van der Waals surface area contributed by atoms with E-state index >= 15 is 0 Å². The second-order valence-electron chi connectivity index (χ2n) is 5.26. The fourth-order valence-corrected chi connectivity index (χ4v) is 2.28. The molecule has 0 saturated carbocycles. The van der Waals surface area contributed by atoms with Gasteiger partial charge in [-0.15, -0.1) is 10.2 Å². The Kier molecular flexibility index (Phi) is 4.24. The predicted molar refractivity (Wildman–Crippen MR) is 87.9 cm³/mol. The molecule has 0 aliphatic heterocycles. The molecule has 1 aromatic carbocycles. The maximum atomic E-state index is 11.6. The molecule has 2 heterocycles. The van der Waals surface area contributed by atoms with Crippen molar-refractivity contribution in [2.75, 3.05) is 7.11 Å². The summed E-state index contributed by atoms with van der Waals surface area (Å²) in [5.41, 5.74) is 2.42. The molecule has 0 fully saturated rings. The minimum absolute atomic E-state index is 0.00761. The van der Waals surface area contributed by atoms with Gasteiger partial charge in [0, 0.05) is 6.20 Å². The number of carbonyl (C=O) groups excluding carboxylic acids is 1. The zero-order valence-electron chi connectivity index (χ0n) is 13.3. The number of imidazole rings is 1. The minimum atomic E-state index is -0.409. The van der Waals surface area contributed by atoms with Gasteiger partial charge >= 0.3 is 5.97 Å². The lowest BCUT2D eigenvalue weighted by Gasteiger charge is -2.01. The summed E-state index contributed by atoms with van der Waals surface area (Å²) in [4.78, 5) is 16.0. The number of carbonyl (C=O) groups is 1. The Hall–Kier alpha value is -3.22. The quantitative estimate of drug-likeness (QED) is 0.588. The second kappa shape index (κ2) is 6.49. The summed E-state index contributed by atoms with van der Waals surface area (Å²) in [5.74, 6) is 0.0536. The number of ether oxygens (including phenoxy) is 1. The highest BCUT2D eigenvalue weighted by atomic mass is 16.5. The van der Waals surface area contributed by atoms with Gasteiger partial charge in [-0.1, -0.05) is 12.1 Å². The van der Waals surface area contributed by atoms with Gasteiger partial charge in [0.05, 0.1) is 19.2 Å².